The van der Waals surface area contributed by atoms with Gasteiger partial charge in [0.05, 0.1) is 18.9 Å². The minimum Gasteiger partial charge on any atom is -0.389 e. The molecule has 1 rings (SSSR count). The lowest BCUT2D eigenvalue weighted by atomic mass is 10.1. The molecule has 0 aromatic heterocycles. The number of benzene rings is 1. The molecule has 110 valence electrons. The minimum atomic E-state index is -0.574. The minimum absolute atomic E-state index is 0.241. The molecule has 0 aliphatic carbocycles. The zero-order chi connectivity index (χ0) is 15.0. The monoisotopic (exact) mass is 296 g/mol. The van der Waals surface area contributed by atoms with Crippen LogP contribution in [0.4, 0.5) is 5.69 Å². The number of nitrogens with one attached hydrogen (secondary N) is 1. The smallest absolute Gasteiger partial charge is 0.253 e. The molecule has 0 heterocycles. The van der Waals surface area contributed by atoms with Gasteiger partial charge in [0.1, 0.15) is 11.1 Å². The first-order valence-electron chi connectivity index (χ1n) is 6.45. The first-order valence-corrected chi connectivity index (χ1v) is 6.86. The second kappa shape index (κ2) is 8.63. The highest BCUT2D eigenvalue weighted by atomic mass is 32.1. The third kappa shape index (κ3) is 5.24. The van der Waals surface area contributed by atoms with Crippen molar-refractivity contribution < 1.29 is 14.3 Å². The maximum atomic E-state index is 12.0. The van der Waals surface area contributed by atoms with E-state index in [1.807, 2.05) is 13.0 Å². The lowest BCUT2D eigenvalue weighted by Gasteiger charge is -2.15. The fraction of sp³-hybridized carbons (Fsp3) is 0.429. The van der Waals surface area contributed by atoms with Crippen LogP contribution >= 0.6 is 12.2 Å². The van der Waals surface area contributed by atoms with Crippen LogP contribution in [0.5, 0.6) is 0 Å². The van der Waals surface area contributed by atoms with Crippen molar-refractivity contribution in [2.75, 3.05) is 25.1 Å². The average molecular weight is 296 g/mol. The fourth-order valence-corrected chi connectivity index (χ4v) is 1.72. The Morgan fingerprint density at radius 1 is 1.40 bits per heavy atom. The molecule has 5 nitrogen and oxygen atoms in total. The van der Waals surface area contributed by atoms with Crippen LogP contribution < -0.4 is 11.1 Å². The quantitative estimate of drug-likeness (QED) is 0.564. The standard InChI is InChI=1S/C14H20N2O3S/c1-3-18-8-9-19-10(2)14(17)16-12-7-5-4-6-11(12)13(15)20/h4-7,10H,3,8-9H2,1-2H3,(H2,15,20)(H,16,17). The fourth-order valence-electron chi connectivity index (χ4n) is 1.55. The van der Waals surface area contributed by atoms with E-state index in [4.69, 9.17) is 27.4 Å². The Morgan fingerprint density at radius 2 is 2.10 bits per heavy atom. The van der Waals surface area contributed by atoms with E-state index in [1.54, 1.807) is 25.1 Å². The van der Waals surface area contributed by atoms with Crippen LogP contribution in [0.25, 0.3) is 0 Å². The normalized spacial score (nSPS) is 11.9. The number of carbonyl (C=O) groups excluding carboxylic acids is 1. The number of anilines is 1. The summed E-state index contributed by atoms with van der Waals surface area (Å²) < 4.78 is 10.5. The second-order valence-electron chi connectivity index (χ2n) is 4.11. The molecule has 1 aromatic carbocycles. The summed E-state index contributed by atoms with van der Waals surface area (Å²) in [6.45, 7) is 5.07. The summed E-state index contributed by atoms with van der Waals surface area (Å²) in [5, 5.41) is 2.76. The lowest BCUT2D eigenvalue weighted by Crippen LogP contribution is -2.29. The predicted molar refractivity (Wildman–Crippen MR) is 82.9 cm³/mol. The predicted octanol–water partition coefficient (Wildman–Crippen LogP) is 1.70. The van der Waals surface area contributed by atoms with Crippen LogP contribution in [0, 0.1) is 0 Å². The molecule has 3 N–H and O–H groups in total. The summed E-state index contributed by atoms with van der Waals surface area (Å²) >= 11 is 4.95. The Morgan fingerprint density at radius 3 is 2.75 bits per heavy atom. The van der Waals surface area contributed by atoms with Gasteiger partial charge in [0.2, 0.25) is 0 Å². The molecule has 0 bridgehead atoms. The van der Waals surface area contributed by atoms with Crippen LogP contribution in [-0.2, 0) is 14.3 Å². The summed E-state index contributed by atoms with van der Waals surface area (Å²) in [6, 6.07) is 7.13. The van der Waals surface area contributed by atoms with Crippen molar-refractivity contribution in [3.8, 4) is 0 Å². The molecule has 1 atom stereocenters. The van der Waals surface area contributed by atoms with E-state index in [1.165, 1.54) is 0 Å². The molecular formula is C14H20N2O3S. The van der Waals surface area contributed by atoms with E-state index in [2.05, 4.69) is 5.32 Å². The number of ether oxygens (including phenoxy) is 2. The van der Waals surface area contributed by atoms with E-state index in [-0.39, 0.29) is 10.9 Å². The largest absolute Gasteiger partial charge is 0.389 e. The highest BCUT2D eigenvalue weighted by Gasteiger charge is 2.15. The molecule has 0 aliphatic rings. The first-order chi connectivity index (χ1) is 9.56. The number of thiocarbonyl (C=S) groups is 1. The van der Waals surface area contributed by atoms with Gasteiger partial charge in [-0.15, -0.1) is 0 Å². The Hall–Kier alpha value is -1.50. The average Bonchev–Trinajstić information content (AvgIpc) is 2.43. The maximum absolute atomic E-state index is 12.0. The van der Waals surface area contributed by atoms with Gasteiger partial charge in [-0.1, -0.05) is 24.4 Å². The molecule has 20 heavy (non-hydrogen) atoms. The van der Waals surface area contributed by atoms with Gasteiger partial charge in [0, 0.05) is 12.2 Å². The van der Waals surface area contributed by atoms with Crippen molar-refractivity contribution in [1.29, 1.82) is 0 Å². The van der Waals surface area contributed by atoms with Gasteiger partial charge in [-0.05, 0) is 26.0 Å². The van der Waals surface area contributed by atoms with Crippen LogP contribution in [0.2, 0.25) is 0 Å². The summed E-state index contributed by atoms with van der Waals surface area (Å²) in [5.74, 6) is -0.245. The third-order valence-corrected chi connectivity index (χ3v) is 2.84. The van der Waals surface area contributed by atoms with Crippen molar-refractivity contribution in [2.45, 2.75) is 20.0 Å². The van der Waals surface area contributed by atoms with Gasteiger partial charge >= 0.3 is 0 Å². The van der Waals surface area contributed by atoms with Crippen molar-refractivity contribution in [2.24, 2.45) is 5.73 Å². The molecule has 6 heteroatoms. The number of hydrogen-bond acceptors (Lipinski definition) is 4. The number of nitrogens with two attached hydrogens (primary N) is 1. The van der Waals surface area contributed by atoms with Gasteiger partial charge in [-0.3, -0.25) is 4.79 Å². The highest BCUT2D eigenvalue weighted by Crippen LogP contribution is 2.15. The molecule has 0 radical (unpaired) electrons. The summed E-state index contributed by atoms with van der Waals surface area (Å²) in [7, 11) is 0. The SMILES string of the molecule is CCOCCOC(C)C(=O)Nc1ccccc1C(N)=S. The maximum Gasteiger partial charge on any atom is 0.253 e. The van der Waals surface area contributed by atoms with Gasteiger partial charge in [0.25, 0.3) is 5.91 Å². The second-order valence-corrected chi connectivity index (χ2v) is 4.55. The number of para-hydroxylation sites is 1. The van der Waals surface area contributed by atoms with Crippen LogP contribution in [0.15, 0.2) is 24.3 Å². The van der Waals surface area contributed by atoms with Gasteiger partial charge < -0.3 is 20.5 Å². The summed E-state index contributed by atoms with van der Waals surface area (Å²) in [6.07, 6.45) is -0.574. The topological polar surface area (TPSA) is 73.6 Å². The van der Waals surface area contributed by atoms with Crippen molar-refractivity contribution >= 4 is 28.8 Å². The van der Waals surface area contributed by atoms with Crippen molar-refractivity contribution in [1.82, 2.24) is 0 Å². The van der Waals surface area contributed by atoms with Crippen molar-refractivity contribution in [3.63, 3.8) is 0 Å². The number of carbonyl (C=O) groups is 1. The molecule has 0 fully saturated rings. The first kappa shape index (κ1) is 16.6. The zero-order valence-corrected chi connectivity index (χ0v) is 12.5. The van der Waals surface area contributed by atoms with Gasteiger partial charge in [0.15, 0.2) is 0 Å². The number of hydrogen-bond donors (Lipinski definition) is 2. The van der Waals surface area contributed by atoms with Gasteiger partial charge in [-0.25, -0.2) is 0 Å². The van der Waals surface area contributed by atoms with E-state index < -0.39 is 6.10 Å². The Labute approximate surface area is 124 Å². The highest BCUT2D eigenvalue weighted by molar-refractivity contribution is 7.80. The number of amides is 1. The van der Waals surface area contributed by atoms with Gasteiger partial charge in [-0.2, -0.15) is 0 Å². The Balaban J connectivity index is 2.55. The van der Waals surface area contributed by atoms with E-state index in [0.29, 0.717) is 31.1 Å². The van der Waals surface area contributed by atoms with Crippen LogP contribution in [-0.4, -0.2) is 36.8 Å². The molecule has 0 spiro atoms. The van der Waals surface area contributed by atoms with E-state index >= 15 is 0 Å². The number of rotatable bonds is 8. The van der Waals surface area contributed by atoms with Crippen molar-refractivity contribution in [3.05, 3.63) is 29.8 Å². The van der Waals surface area contributed by atoms with Crippen LogP contribution in [0.1, 0.15) is 19.4 Å². The summed E-state index contributed by atoms with van der Waals surface area (Å²) in [4.78, 5) is 12.2. The lowest BCUT2D eigenvalue weighted by molar-refractivity contribution is -0.127. The molecular weight excluding hydrogens is 276 g/mol. The molecule has 0 saturated heterocycles. The third-order valence-electron chi connectivity index (χ3n) is 2.62. The molecule has 1 aromatic rings. The molecule has 1 unspecified atom stereocenters. The van der Waals surface area contributed by atoms with Crippen LogP contribution in [0.3, 0.4) is 0 Å². The van der Waals surface area contributed by atoms with E-state index in [9.17, 15) is 4.79 Å². The Bertz CT molecular complexity index is 465. The Kier molecular flexibility index (Phi) is 7.14. The molecule has 0 aliphatic heterocycles. The molecule has 0 saturated carbocycles. The van der Waals surface area contributed by atoms with E-state index in [0.717, 1.165) is 0 Å². The zero-order valence-electron chi connectivity index (χ0n) is 11.7. The summed E-state index contributed by atoms with van der Waals surface area (Å²) in [5.41, 5.74) is 6.84. The molecule has 1 amide bonds.